The summed E-state index contributed by atoms with van der Waals surface area (Å²) in [7, 11) is 0. The Balaban J connectivity index is 2.93. The van der Waals surface area contributed by atoms with Crippen molar-refractivity contribution in [3.8, 4) is 0 Å². The van der Waals surface area contributed by atoms with E-state index in [0.717, 1.165) is 16.5 Å². The second-order valence-electron chi connectivity index (χ2n) is 2.58. The van der Waals surface area contributed by atoms with Crippen LogP contribution in [-0.4, -0.2) is 9.38 Å². The van der Waals surface area contributed by atoms with E-state index in [1.54, 1.807) is 6.92 Å². The molecule has 0 N–H and O–H groups in total. The van der Waals surface area contributed by atoms with Crippen LogP contribution in [0.1, 0.15) is 5.69 Å². The SMILES string of the molecule is Cc1cn2c(F)ccc(F)c2n1. The van der Waals surface area contributed by atoms with Gasteiger partial charge in [0, 0.05) is 6.20 Å². The molecule has 0 aliphatic rings. The van der Waals surface area contributed by atoms with Crippen LogP contribution in [0.25, 0.3) is 5.65 Å². The Bertz CT molecular complexity index is 395. The second-order valence-corrected chi connectivity index (χ2v) is 2.58. The molecule has 0 spiro atoms. The molecular formula is C8H6F2N2. The molecule has 2 heterocycles. The molecule has 0 radical (unpaired) electrons. The van der Waals surface area contributed by atoms with Gasteiger partial charge >= 0.3 is 0 Å². The molecule has 12 heavy (non-hydrogen) atoms. The summed E-state index contributed by atoms with van der Waals surface area (Å²) >= 11 is 0. The first-order chi connectivity index (χ1) is 5.68. The van der Waals surface area contributed by atoms with Crippen molar-refractivity contribution in [3.63, 3.8) is 0 Å². The zero-order valence-electron chi connectivity index (χ0n) is 6.38. The van der Waals surface area contributed by atoms with Gasteiger partial charge in [-0.2, -0.15) is 4.39 Å². The average Bonchev–Trinajstić information content (AvgIpc) is 2.41. The summed E-state index contributed by atoms with van der Waals surface area (Å²) in [4.78, 5) is 3.82. The zero-order chi connectivity index (χ0) is 8.72. The van der Waals surface area contributed by atoms with Gasteiger partial charge in [0.15, 0.2) is 17.4 Å². The molecule has 2 nitrogen and oxygen atoms in total. The maximum absolute atomic E-state index is 12.9. The number of imidazole rings is 1. The van der Waals surface area contributed by atoms with Crippen LogP contribution in [0.3, 0.4) is 0 Å². The lowest BCUT2D eigenvalue weighted by atomic mass is 10.4. The van der Waals surface area contributed by atoms with Crippen LogP contribution in [0.15, 0.2) is 18.3 Å². The fourth-order valence-electron chi connectivity index (χ4n) is 1.13. The summed E-state index contributed by atoms with van der Waals surface area (Å²) in [5.41, 5.74) is 0.631. The molecule has 2 aromatic rings. The van der Waals surface area contributed by atoms with E-state index >= 15 is 0 Å². The number of hydrogen-bond donors (Lipinski definition) is 0. The minimum atomic E-state index is -0.510. The van der Waals surface area contributed by atoms with E-state index in [2.05, 4.69) is 4.98 Å². The van der Waals surface area contributed by atoms with E-state index < -0.39 is 11.8 Å². The molecule has 0 atom stereocenters. The van der Waals surface area contributed by atoms with Gasteiger partial charge in [0.2, 0.25) is 0 Å². The Hall–Kier alpha value is -1.45. The van der Waals surface area contributed by atoms with Gasteiger partial charge in [0.25, 0.3) is 0 Å². The lowest BCUT2D eigenvalue weighted by Gasteiger charge is -1.94. The molecule has 0 bridgehead atoms. The number of nitrogens with zero attached hydrogens (tertiary/aromatic N) is 2. The van der Waals surface area contributed by atoms with Crippen LogP contribution in [0.2, 0.25) is 0 Å². The molecule has 2 aromatic heterocycles. The van der Waals surface area contributed by atoms with Gasteiger partial charge in [0.05, 0.1) is 5.69 Å². The second kappa shape index (κ2) is 2.27. The van der Waals surface area contributed by atoms with Gasteiger partial charge in [-0.3, -0.25) is 4.40 Å². The predicted octanol–water partition coefficient (Wildman–Crippen LogP) is 1.92. The fourth-order valence-corrected chi connectivity index (χ4v) is 1.13. The van der Waals surface area contributed by atoms with Crippen molar-refractivity contribution in [1.82, 2.24) is 9.38 Å². The number of aryl methyl sites for hydroxylation is 1. The molecule has 62 valence electrons. The lowest BCUT2D eigenvalue weighted by Crippen LogP contribution is -1.92. The normalized spacial score (nSPS) is 10.9. The van der Waals surface area contributed by atoms with Crippen molar-refractivity contribution in [3.05, 3.63) is 35.8 Å². The average molecular weight is 168 g/mol. The smallest absolute Gasteiger partial charge is 0.199 e. The highest BCUT2D eigenvalue weighted by Crippen LogP contribution is 2.11. The summed E-state index contributed by atoms with van der Waals surface area (Å²) in [6, 6.07) is 2.14. The highest BCUT2D eigenvalue weighted by molar-refractivity contribution is 5.41. The fraction of sp³-hybridized carbons (Fsp3) is 0.125. The first kappa shape index (κ1) is 7.21. The molecular weight excluding hydrogens is 162 g/mol. The maximum Gasteiger partial charge on any atom is 0.199 e. The monoisotopic (exact) mass is 168 g/mol. The Kier molecular flexibility index (Phi) is 1.36. The molecule has 0 saturated heterocycles. The van der Waals surface area contributed by atoms with Crippen molar-refractivity contribution < 1.29 is 8.78 Å². The summed E-state index contributed by atoms with van der Waals surface area (Å²) in [5.74, 6) is -1.02. The van der Waals surface area contributed by atoms with E-state index in [0.29, 0.717) is 5.69 Å². The number of aromatic nitrogens is 2. The lowest BCUT2D eigenvalue weighted by molar-refractivity contribution is 0.551. The van der Waals surface area contributed by atoms with Crippen LogP contribution in [0, 0.1) is 18.7 Å². The maximum atomic E-state index is 12.9. The van der Waals surface area contributed by atoms with E-state index in [-0.39, 0.29) is 5.65 Å². The Morgan fingerprint density at radius 2 is 2.08 bits per heavy atom. The minimum absolute atomic E-state index is 0.0347. The molecule has 0 unspecified atom stereocenters. The van der Waals surface area contributed by atoms with Crippen LogP contribution < -0.4 is 0 Å². The highest BCUT2D eigenvalue weighted by atomic mass is 19.1. The van der Waals surface area contributed by atoms with Crippen molar-refractivity contribution in [2.75, 3.05) is 0 Å². The first-order valence-electron chi connectivity index (χ1n) is 3.48. The van der Waals surface area contributed by atoms with Crippen molar-refractivity contribution in [2.24, 2.45) is 0 Å². The van der Waals surface area contributed by atoms with E-state index in [1.165, 1.54) is 6.20 Å². The predicted molar refractivity (Wildman–Crippen MR) is 39.8 cm³/mol. The highest BCUT2D eigenvalue weighted by Gasteiger charge is 2.06. The van der Waals surface area contributed by atoms with Crippen molar-refractivity contribution in [2.45, 2.75) is 6.92 Å². The van der Waals surface area contributed by atoms with E-state index in [1.807, 2.05) is 0 Å². The number of halogens is 2. The van der Waals surface area contributed by atoms with E-state index in [9.17, 15) is 8.78 Å². The first-order valence-corrected chi connectivity index (χ1v) is 3.48. The summed E-state index contributed by atoms with van der Waals surface area (Å²) in [5, 5.41) is 0. The number of pyridine rings is 1. The van der Waals surface area contributed by atoms with Gasteiger partial charge in [0.1, 0.15) is 0 Å². The van der Waals surface area contributed by atoms with Gasteiger partial charge < -0.3 is 0 Å². The number of rotatable bonds is 0. The topological polar surface area (TPSA) is 17.3 Å². The standard InChI is InChI=1S/C8H6F2N2/c1-5-4-12-7(10)3-2-6(9)8(12)11-5/h2-4H,1H3. The summed E-state index contributed by atoms with van der Waals surface area (Å²) < 4.78 is 27.0. The Labute approximate surface area is 67.5 Å². The third kappa shape index (κ3) is 0.879. The molecule has 4 heteroatoms. The van der Waals surface area contributed by atoms with Gasteiger partial charge in [-0.1, -0.05) is 0 Å². The van der Waals surface area contributed by atoms with Gasteiger partial charge in [-0.15, -0.1) is 0 Å². The number of fused-ring (bicyclic) bond motifs is 1. The van der Waals surface area contributed by atoms with Crippen LogP contribution in [0.4, 0.5) is 8.78 Å². The van der Waals surface area contributed by atoms with Crippen molar-refractivity contribution >= 4 is 5.65 Å². The third-order valence-electron chi connectivity index (χ3n) is 1.64. The van der Waals surface area contributed by atoms with Crippen LogP contribution in [-0.2, 0) is 0 Å². The molecule has 0 saturated carbocycles. The molecule has 2 rings (SSSR count). The molecule has 0 aliphatic heterocycles. The molecule has 0 aliphatic carbocycles. The summed E-state index contributed by atoms with van der Waals surface area (Å²) in [6.45, 7) is 1.69. The van der Waals surface area contributed by atoms with Gasteiger partial charge in [-0.25, -0.2) is 9.37 Å². The van der Waals surface area contributed by atoms with Crippen LogP contribution >= 0.6 is 0 Å². The molecule has 0 fully saturated rings. The quantitative estimate of drug-likeness (QED) is 0.549. The Morgan fingerprint density at radius 3 is 2.75 bits per heavy atom. The largest absolute Gasteiger partial charge is 0.273 e. The molecule has 0 aromatic carbocycles. The van der Waals surface area contributed by atoms with Crippen LogP contribution in [0.5, 0.6) is 0 Å². The Morgan fingerprint density at radius 1 is 1.33 bits per heavy atom. The zero-order valence-corrected chi connectivity index (χ0v) is 6.38. The third-order valence-corrected chi connectivity index (χ3v) is 1.64. The number of hydrogen-bond acceptors (Lipinski definition) is 1. The summed E-state index contributed by atoms with van der Waals surface area (Å²) in [6.07, 6.45) is 1.45. The van der Waals surface area contributed by atoms with Gasteiger partial charge in [-0.05, 0) is 19.1 Å². The minimum Gasteiger partial charge on any atom is -0.273 e. The molecule has 0 amide bonds. The van der Waals surface area contributed by atoms with Crippen molar-refractivity contribution in [1.29, 1.82) is 0 Å². The van der Waals surface area contributed by atoms with E-state index in [4.69, 9.17) is 0 Å².